The summed E-state index contributed by atoms with van der Waals surface area (Å²) < 4.78 is 11.3. The van der Waals surface area contributed by atoms with Crippen molar-refractivity contribution in [3.05, 3.63) is 66.0 Å². The second-order valence-corrected chi connectivity index (χ2v) is 6.33. The molecule has 1 unspecified atom stereocenters. The minimum Gasteiger partial charge on any atom is -0.487 e. The van der Waals surface area contributed by atoms with Gasteiger partial charge in [-0.2, -0.15) is 0 Å². The molecule has 5 heteroatoms. The van der Waals surface area contributed by atoms with Gasteiger partial charge in [-0.05, 0) is 49.2 Å². The van der Waals surface area contributed by atoms with E-state index in [0.29, 0.717) is 19.8 Å². The van der Waals surface area contributed by atoms with Crippen LogP contribution >= 0.6 is 0 Å². The summed E-state index contributed by atoms with van der Waals surface area (Å²) in [4.78, 5) is 18.4. The van der Waals surface area contributed by atoms with Gasteiger partial charge in [-0.25, -0.2) is 0 Å². The number of aromatic nitrogens is 1. The number of nitrogens with zero attached hydrogens (tertiary/aromatic N) is 2. The molecular formula is C21H24N2O3. The van der Waals surface area contributed by atoms with E-state index in [1.807, 2.05) is 60.4 Å². The molecule has 1 aliphatic rings. The lowest BCUT2D eigenvalue weighted by atomic mass is 10.2. The number of amides is 1. The van der Waals surface area contributed by atoms with E-state index in [0.717, 1.165) is 30.0 Å². The molecule has 1 aromatic heterocycles. The molecule has 26 heavy (non-hydrogen) atoms. The standard InChI is InChI=1S/C21H24N2O3/c1-17-15-23(13-4-14-25-17)21(24)11-8-18-6-9-20(10-7-18)26-16-19-5-2-3-12-22-19/h2-3,5-12,17H,4,13-16H2,1H3/b11-8+. The van der Waals surface area contributed by atoms with Crippen molar-refractivity contribution in [2.45, 2.75) is 26.1 Å². The topological polar surface area (TPSA) is 51.7 Å². The molecule has 0 saturated carbocycles. The van der Waals surface area contributed by atoms with Crippen molar-refractivity contribution in [1.82, 2.24) is 9.88 Å². The zero-order valence-corrected chi connectivity index (χ0v) is 15.0. The van der Waals surface area contributed by atoms with Crippen LogP contribution in [0.3, 0.4) is 0 Å². The Morgan fingerprint density at radius 1 is 1.31 bits per heavy atom. The number of pyridine rings is 1. The normalized spacial score (nSPS) is 17.9. The van der Waals surface area contributed by atoms with Crippen LogP contribution in [-0.4, -0.2) is 41.6 Å². The number of rotatable bonds is 5. The van der Waals surface area contributed by atoms with Crippen LogP contribution in [0.1, 0.15) is 24.6 Å². The first-order valence-corrected chi connectivity index (χ1v) is 8.92. The van der Waals surface area contributed by atoms with Gasteiger partial charge in [0.2, 0.25) is 5.91 Å². The third-order valence-electron chi connectivity index (χ3n) is 4.18. The van der Waals surface area contributed by atoms with E-state index in [1.165, 1.54) is 0 Å². The maximum absolute atomic E-state index is 12.3. The van der Waals surface area contributed by atoms with Crippen LogP contribution in [-0.2, 0) is 16.1 Å². The van der Waals surface area contributed by atoms with Crippen molar-refractivity contribution in [2.75, 3.05) is 19.7 Å². The Hall–Kier alpha value is -2.66. The third kappa shape index (κ3) is 5.43. The van der Waals surface area contributed by atoms with E-state index in [2.05, 4.69) is 4.98 Å². The fourth-order valence-electron chi connectivity index (χ4n) is 2.78. The SMILES string of the molecule is CC1CN(C(=O)/C=C/c2ccc(OCc3ccccn3)cc2)CCCO1. The van der Waals surface area contributed by atoms with Gasteiger partial charge in [0.25, 0.3) is 0 Å². The number of hydrogen-bond acceptors (Lipinski definition) is 4. The molecule has 0 spiro atoms. The molecule has 2 heterocycles. The summed E-state index contributed by atoms with van der Waals surface area (Å²) in [6.45, 7) is 4.54. The van der Waals surface area contributed by atoms with Crippen molar-refractivity contribution in [3.63, 3.8) is 0 Å². The Balaban J connectivity index is 1.53. The third-order valence-corrected chi connectivity index (χ3v) is 4.18. The highest BCUT2D eigenvalue weighted by Crippen LogP contribution is 2.15. The fourth-order valence-corrected chi connectivity index (χ4v) is 2.78. The highest BCUT2D eigenvalue weighted by atomic mass is 16.5. The van der Waals surface area contributed by atoms with Gasteiger partial charge in [-0.3, -0.25) is 9.78 Å². The maximum atomic E-state index is 12.3. The highest BCUT2D eigenvalue weighted by molar-refractivity contribution is 5.91. The molecule has 1 aromatic carbocycles. The Labute approximate surface area is 154 Å². The lowest BCUT2D eigenvalue weighted by Gasteiger charge is -2.20. The molecule has 136 valence electrons. The summed E-state index contributed by atoms with van der Waals surface area (Å²) in [5.41, 5.74) is 1.85. The van der Waals surface area contributed by atoms with Gasteiger partial charge in [-0.1, -0.05) is 18.2 Å². The minimum atomic E-state index is 0.0258. The smallest absolute Gasteiger partial charge is 0.246 e. The van der Waals surface area contributed by atoms with E-state index in [9.17, 15) is 4.79 Å². The van der Waals surface area contributed by atoms with Crippen LogP contribution in [0.2, 0.25) is 0 Å². The van der Waals surface area contributed by atoms with Crippen molar-refractivity contribution in [3.8, 4) is 5.75 Å². The number of ether oxygens (including phenoxy) is 2. The largest absolute Gasteiger partial charge is 0.487 e. The predicted molar refractivity (Wildman–Crippen MR) is 101 cm³/mol. The van der Waals surface area contributed by atoms with Gasteiger partial charge in [-0.15, -0.1) is 0 Å². The second-order valence-electron chi connectivity index (χ2n) is 6.33. The van der Waals surface area contributed by atoms with E-state index in [4.69, 9.17) is 9.47 Å². The summed E-state index contributed by atoms with van der Waals surface area (Å²) >= 11 is 0. The first kappa shape index (κ1) is 18.1. The number of benzene rings is 1. The first-order chi connectivity index (χ1) is 12.7. The van der Waals surface area contributed by atoms with Gasteiger partial charge in [0.1, 0.15) is 12.4 Å². The monoisotopic (exact) mass is 352 g/mol. The lowest BCUT2D eigenvalue weighted by molar-refractivity contribution is -0.126. The Morgan fingerprint density at radius 2 is 2.15 bits per heavy atom. The molecule has 0 bridgehead atoms. The predicted octanol–water partition coefficient (Wildman–Crippen LogP) is 3.31. The molecule has 0 radical (unpaired) electrons. The van der Waals surface area contributed by atoms with E-state index in [-0.39, 0.29) is 12.0 Å². The summed E-state index contributed by atoms with van der Waals surface area (Å²) in [6.07, 6.45) is 6.18. The summed E-state index contributed by atoms with van der Waals surface area (Å²) in [6, 6.07) is 13.4. The first-order valence-electron chi connectivity index (χ1n) is 8.92. The van der Waals surface area contributed by atoms with E-state index in [1.54, 1.807) is 12.3 Å². The molecule has 5 nitrogen and oxygen atoms in total. The Kier molecular flexibility index (Phi) is 6.39. The molecular weight excluding hydrogens is 328 g/mol. The van der Waals surface area contributed by atoms with Gasteiger partial charge >= 0.3 is 0 Å². The number of hydrogen-bond donors (Lipinski definition) is 0. The van der Waals surface area contributed by atoms with Crippen LogP contribution in [0.5, 0.6) is 5.75 Å². The zero-order chi connectivity index (χ0) is 18.2. The second kappa shape index (κ2) is 9.15. The fraction of sp³-hybridized carbons (Fsp3) is 0.333. The summed E-state index contributed by atoms with van der Waals surface area (Å²) in [7, 11) is 0. The molecule has 1 atom stereocenters. The molecule has 1 fully saturated rings. The van der Waals surface area contributed by atoms with Gasteiger partial charge in [0.15, 0.2) is 0 Å². The van der Waals surface area contributed by atoms with Crippen molar-refractivity contribution < 1.29 is 14.3 Å². The molecule has 0 aliphatic carbocycles. The van der Waals surface area contributed by atoms with Crippen LogP contribution < -0.4 is 4.74 Å². The van der Waals surface area contributed by atoms with Gasteiger partial charge in [0.05, 0.1) is 11.8 Å². The minimum absolute atomic E-state index is 0.0258. The quantitative estimate of drug-likeness (QED) is 0.775. The zero-order valence-electron chi connectivity index (χ0n) is 15.0. The molecule has 1 aliphatic heterocycles. The van der Waals surface area contributed by atoms with E-state index >= 15 is 0 Å². The molecule has 2 aromatic rings. The average Bonchev–Trinajstić information content (AvgIpc) is 2.90. The highest BCUT2D eigenvalue weighted by Gasteiger charge is 2.17. The van der Waals surface area contributed by atoms with Crippen LogP contribution in [0.15, 0.2) is 54.7 Å². The van der Waals surface area contributed by atoms with Crippen LogP contribution in [0.4, 0.5) is 0 Å². The molecule has 0 N–H and O–H groups in total. The van der Waals surface area contributed by atoms with Gasteiger partial charge in [0, 0.05) is 32.0 Å². The Bertz CT molecular complexity index is 729. The summed E-state index contributed by atoms with van der Waals surface area (Å²) in [5, 5.41) is 0. The van der Waals surface area contributed by atoms with E-state index < -0.39 is 0 Å². The number of carbonyl (C=O) groups excluding carboxylic acids is 1. The molecule has 1 saturated heterocycles. The number of carbonyl (C=O) groups is 1. The Morgan fingerprint density at radius 3 is 2.92 bits per heavy atom. The average molecular weight is 352 g/mol. The van der Waals surface area contributed by atoms with Crippen molar-refractivity contribution >= 4 is 12.0 Å². The van der Waals surface area contributed by atoms with Crippen LogP contribution in [0.25, 0.3) is 6.08 Å². The van der Waals surface area contributed by atoms with Gasteiger partial charge < -0.3 is 14.4 Å². The maximum Gasteiger partial charge on any atom is 0.246 e. The molecule has 3 rings (SSSR count). The van der Waals surface area contributed by atoms with Crippen molar-refractivity contribution in [2.24, 2.45) is 0 Å². The van der Waals surface area contributed by atoms with Crippen molar-refractivity contribution in [1.29, 1.82) is 0 Å². The summed E-state index contributed by atoms with van der Waals surface area (Å²) in [5.74, 6) is 0.801. The lowest BCUT2D eigenvalue weighted by Crippen LogP contribution is -2.34. The molecule has 1 amide bonds. The van der Waals surface area contributed by atoms with Crippen LogP contribution in [0, 0.1) is 0 Å².